The molecule has 0 bridgehead atoms. The summed E-state index contributed by atoms with van der Waals surface area (Å²) in [7, 11) is 0. The monoisotopic (exact) mass is 226 g/mol. The summed E-state index contributed by atoms with van der Waals surface area (Å²) in [4.78, 5) is 11.4. The van der Waals surface area contributed by atoms with Crippen molar-refractivity contribution in [2.75, 3.05) is 11.6 Å². The van der Waals surface area contributed by atoms with E-state index in [0.717, 1.165) is 11.3 Å². The largest absolute Gasteiger partial charge is 0.273 e. The number of nitrogens with one attached hydrogen (secondary N) is 1. The molecule has 82 valence electrons. The van der Waals surface area contributed by atoms with Gasteiger partial charge in [-0.2, -0.15) is 0 Å². The van der Waals surface area contributed by atoms with Crippen molar-refractivity contribution < 1.29 is 4.79 Å². The van der Waals surface area contributed by atoms with Gasteiger partial charge >= 0.3 is 0 Å². The van der Waals surface area contributed by atoms with Crippen LogP contribution in [-0.2, 0) is 4.79 Å². The van der Waals surface area contributed by atoms with Gasteiger partial charge < -0.3 is 0 Å². The number of halogens is 1. The summed E-state index contributed by atoms with van der Waals surface area (Å²) in [6, 6.07) is 5.57. The van der Waals surface area contributed by atoms with Crippen molar-refractivity contribution in [3.63, 3.8) is 0 Å². The molecule has 1 rings (SSSR count). The van der Waals surface area contributed by atoms with E-state index < -0.39 is 0 Å². The summed E-state index contributed by atoms with van der Waals surface area (Å²) < 4.78 is 0. The summed E-state index contributed by atoms with van der Waals surface area (Å²) in [6.45, 7) is 6.03. The Morgan fingerprint density at radius 1 is 1.53 bits per heavy atom. The highest BCUT2D eigenvalue weighted by atomic mass is 35.5. The molecular formula is C11H15ClN2O. The molecule has 0 radical (unpaired) electrons. The summed E-state index contributed by atoms with van der Waals surface area (Å²) in [5, 5.41) is 2.06. The Hall–Kier alpha value is -1.06. The van der Waals surface area contributed by atoms with Gasteiger partial charge in [0.15, 0.2) is 0 Å². The molecule has 0 aliphatic rings. The molecule has 1 aromatic rings. The van der Waals surface area contributed by atoms with Crippen molar-refractivity contribution in [1.29, 1.82) is 0 Å². The van der Waals surface area contributed by atoms with E-state index in [1.807, 2.05) is 26.0 Å². The number of rotatable bonds is 3. The zero-order valence-corrected chi connectivity index (χ0v) is 9.93. The smallest absolute Gasteiger partial charge is 0.238 e. The highest BCUT2D eigenvalue weighted by Crippen LogP contribution is 2.28. The Kier molecular flexibility index (Phi) is 4.12. The molecule has 1 N–H and O–H groups in total. The summed E-state index contributed by atoms with van der Waals surface area (Å²) in [5.74, 6) is -0.0759. The van der Waals surface area contributed by atoms with E-state index in [1.165, 1.54) is 11.9 Å². The standard InChI is InChI=1S/C11H15ClN2O/c1-4-13-14(9(3)15)11-8(2)6-5-7-10(11)12/h5-7,13H,4H2,1-3H3. The van der Waals surface area contributed by atoms with Gasteiger partial charge in [0.2, 0.25) is 5.91 Å². The van der Waals surface area contributed by atoms with E-state index in [1.54, 1.807) is 6.07 Å². The average Bonchev–Trinajstić information content (AvgIpc) is 2.15. The van der Waals surface area contributed by atoms with Gasteiger partial charge in [0, 0.05) is 13.5 Å². The Bertz CT molecular complexity index is 345. The topological polar surface area (TPSA) is 32.3 Å². The molecule has 0 fully saturated rings. The first-order valence-electron chi connectivity index (χ1n) is 4.87. The van der Waals surface area contributed by atoms with Crippen LogP contribution in [0.1, 0.15) is 19.4 Å². The van der Waals surface area contributed by atoms with Crippen LogP contribution >= 0.6 is 11.6 Å². The molecule has 4 heteroatoms. The predicted molar refractivity (Wildman–Crippen MR) is 63.0 cm³/mol. The lowest BCUT2D eigenvalue weighted by atomic mass is 10.2. The molecule has 0 unspecified atom stereocenters. The van der Waals surface area contributed by atoms with Gasteiger partial charge in [-0.05, 0) is 18.6 Å². The fourth-order valence-electron chi connectivity index (χ4n) is 1.41. The third kappa shape index (κ3) is 2.70. The zero-order chi connectivity index (χ0) is 11.4. The number of nitrogens with zero attached hydrogens (tertiary/aromatic N) is 1. The fraction of sp³-hybridized carbons (Fsp3) is 0.364. The molecule has 0 aliphatic carbocycles. The second-order valence-corrected chi connectivity index (χ2v) is 3.68. The van der Waals surface area contributed by atoms with Gasteiger partial charge in [-0.1, -0.05) is 30.7 Å². The Balaban J connectivity index is 3.15. The SMILES string of the molecule is CCNN(C(C)=O)c1c(C)cccc1Cl. The highest BCUT2D eigenvalue weighted by molar-refractivity contribution is 6.34. The maximum absolute atomic E-state index is 11.4. The molecule has 0 atom stereocenters. The van der Waals surface area contributed by atoms with E-state index in [2.05, 4.69) is 5.43 Å². The molecule has 0 aromatic heterocycles. The minimum absolute atomic E-state index is 0.0759. The van der Waals surface area contributed by atoms with Gasteiger partial charge in [-0.3, -0.25) is 4.79 Å². The number of carbonyl (C=O) groups is 1. The Morgan fingerprint density at radius 3 is 2.67 bits per heavy atom. The first kappa shape index (κ1) is 12.0. The molecule has 3 nitrogen and oxygen atoms in total. The molecule has 0 spiro atoms. The van der Waals surface area contributed by atoms with Crippen LogP contribution in [0.4, 0.5) is 5.69 Å². The van der Waals surface area contributed by atoms with Crippen molar-refractivity contribution in [1.82, 2.24) is 5.43 Å². The maximum atomic E-state index is 11.4. The minimum Gasteiger partial charge on any atom is -0.273 e. The number of hydrogen-bond acceptors (Lipinski definition) is 2. The Labute approximate surface area is 95.0 Å². The number of aryl methyl sites for hydroxylation is 1. The molecule has 0 saturated heterocycles. The van der Waals surface area contributed by atoms with Gasteiger partial charge in [-0.25, -0.2) is 10.4 Å². The van der Waals surface area contributed by atoms with Gasteiger partial charge in [0.1, 0.15) is 0 Å². The quantitative estimate of drug-likeness (QED) is 0.804. The molecular weight excluding hydrogens is 212 g/mol. The summed E-state index contributed by atoms with van der Waals surface area (Å²) in [6.07, 6.45) is 0. The van der Waals surface area contributed by atoms with E-state index in [-0.39, 0.29) is 5.91 Å². The molecule has 0 saturated carbocycles. The van der Waals surface area contributed by atoms with Crippen LogP contribution in [0.5, 0.6) is 0 Å². The van der Waals surface area contributed by atoms with Crippen molar-refractivity contribution in [3.05, 3.63) is 28.8 Å². The zero-order valence-electron chi connectivity index (χ0n) is 9.17. The first-order valence-corrected chi connectivity index (χ1v) is 5.25. The molecule has 1 aromatic carbocycles. The number of hydrogen-bond donors (Lipinski definition) is 1. The van der Waals surface area contributed by atoms with Gasteiger partial charge in [0.25, 0.3) is 0 Å². The second-order valence-electron chi connectivity index (χ2n) is 3.27. The lowest BCUT2D eigenvalue weighted by molar-refractivity contribution is -0.117. The second kappa shape index (κ2) is 5.14. The van der Waals surface area contributed by atoms with Crippen LogP contribution < -0.4 is 10.4 Å². The highest BCUT2D eigenvalue weighted by Gasteiger charge is 2.15. The average molecular weight is 227 g/mol. The number of anilines is 1. The molecule has 0 heterocycles. The fourth-order valence-corrected chi connectivity index (χ4v) is 1.72. The van der Waals surface area contributed by atoms with Crippen LogP contribution in [0.15, 0.2) is 18.2 Å². The molecule has 1 amide bonds. The van der Waals surface area contributed by atoms with Crippen molar-refractivity contribution >= 4 is 23.2 Å². The normalized spacial score (nSPS) is 10.1. The number of carbonyl (C=O) groups excluding carboxylic acids is 1. The number of benzene rings is 1. The van der Waals surface area contributed by atoms with Crippen LogP contribution in [0, 0.1) is 6.92 Å². The summed E-state index contributed by atoms with van der Waals surface area (Å²) in [5.41, 5.74) is 4.68. The van der Waals surface area contributed by atoms with Crippen molar-refractivity contribution in [2.24, 2.45) is 0 Å². The van der Waals surface area contributed by atoms with Gasteiger partial charge in [0.05, 0.1) is 10.7 Å². The lowest BCUT2D eigenvalue weighted by Crippen LogP contribution is -2.42. The Morgan fingerprint density at radius 2 is 2.20 bits per heavy atom. The molecule has 15 heavy (non-hydrogen) atoms. The predicted octanol–water partition coefficient (Wildman–Crippen LogP) is 2.53. The van der Waals surface area contributed by atoms with Gasteiger partial charge in [-0.15, -0.1) is 0 Å². The van der Waals surface area contributed by atoms with E-state index in [9.17, 15) is 4.79 Å². The maximum Gasteiger partial charge on any atom is 0.238 e. The van der Waals surface area contributed by atoms with Crippen molar-refractivity contribution in [2.45, 2.75) is 20.8 Å². The van der Waals surface area contributed by atoms with E-state index in [4.69, 9.17) is 11.6 Å². The van der Waals surface area contributed by atoms with Crippen molar-refractivity contribution in [3.8, 4) is 0 Å². The van der Waals surface area contributed by atoms with E-state index in [0.29, 0.717) is 11.6 Å². The first-order chi connectivity index (χ1) is 7.07. The van der Waals surface area contributed by atoms with Crippen LogP contribution in [0.25, 0.3) is 0 Å². The third-order valence-corrected chi connectivity index (χ3v) is 2.35. The number of para-hydroxylation sites is 1. The molecule has 0 aliphatic heterocycles. The van der Waals surface area contributed by atoms with Crippen LogP contribution in [-0.4, -0.2) is 12.5 Å². The summed E-state index contributed by atoms with van der Waals surface area (Å²) >= 11 is 6.07. The number of hydrazine groups is 1. The minimum atomic E-state index is -0.0759. The van der Waals surface area contributed by atoms with E-state index >= 15 is 0 Å². The lowest BCUT2D eigenvalue weighted by Gasteiger charge is -2.24. The van der Waals surface area contributed by atoms with Crippen LogP contribution in [0.3, 0.4) is 0 Å². The number of amides is 1. The van der Waals surface area contributed by atoms with Crippen LogP contribution in [0.2, 0.25) is 5.02 Å². The third-order valence-electron chi connectivity index (χ3n) is 2.04.